The Morgan fingerprint density at radius 2 is 2.04 bits per heavy atom. The van der Waals surface area contributed by atoms with E-state index in [1.807, 2.05) is 13.0 Å². The summed E-state index contributed by atoms with van der Waals surface area (Å²) in [4.78, 5) is 10.7. The SMILES string of the molecule is CC1=C[C@@H]2[C@@H]([C@@H](/C=C/C=C/C(=O)O)[C@H]1/C(C)=C/CO)[C@H](C)CC[C@H]2O. The van der Waals surface area contributed by atoms with Gasteiger partial charge in [0.05, 0.1) is 12.7 Å². The molecular formula is C21H30O4. The topological polar surface area (TPSA) is 77.8 Å². The number of aliphatic carboxylic acids is 1. The molecule has 0 aliphatic heterocycles. The Bertz CT molecular complexity index is 599. The first-order chi connectivity index (χ1) is 11.9. The summed E-state index contributed by atoms with van der Waals surface area (Å²) in [5, 5.41) is 28.6. The number of rotatable bonds is 5. The maximum Gasteiger partial charge on any atom is 0.328 e. The van der Waals surface area contributed by atoms with E-state index in [1.165, 1.54) is 5.57 Å². The zero-order valence-corrected chi connectivity index (χ0v) is 15.3. The van der Waals surface area contributed by atoms with Crippen molar-refractivity contribution in [2.24, 2.45) is 29.6 Å². The van der Waals surface area contributed by atoms with Crippen molar-refractivity contribution < 1.29 is 20.1 Å². The molecule has 0 aromatic rings. The Balaban J connectivity index is 2.43. The average molecular weight is 346 g/mol. The minimum absolute atomic E-state index is 0.0111. The van der Waals surface area contributed by atoms with Crippen LogP contribution in [0.4, 0.5) is 0 Å². The third kappa shape index (κ3) is 4.50. The van der Waals surface area contributed by atoms with Gasteiger partial charge < -0.3 is 15.3 Å². The lowest BCUT2D eigenvalue weighted by Crippen LogP contribution is -2.45. The van der Waals surface area contributed by atoms with Gasteiger partial charge in [-0.2, -0.15) is 0 Å². The van der Waals surface area contributed by atoms with Crippen LogP contribution >= 0.6 is 0 Å². The molecule has 4 heteroatoms. The number of carbonyl (C=O) groups is 1. The largest absolute Gasteiger partial charge is 0.478 e. The van der Waals surface area contributed by atoms with E-state index in [1.54, 1.807) is 12.2 Å². The Hall–Kier alpha value is -1.65. The van der Waals surface area contributed by atoms with Crippen LogP contribution in [0.3, 0.4) is 0 Å². The lowest BCUT2D eigenvalue weighted by atomic mass is 9.57. The third-order valence-electron chi connectivity index (χ3n) is 5.83. The summed E-state index contributed by atoms with van der Waals surface area (Å²) in [6.07, 6.45) is 12.2. The van der Waals surface area contributed by atoms with Crippen LogP contribution in [0.5, 0.6) is 0 Å². The molecule has 0 amide bonds. The molecule has 138 valence electrons. The highest BCUT2D eigenvalue weighted by atomic mass is 16.4. The summed E-state index contributed by atoms with van der Waals surface area (Å²) in [5.74, 6) is 0.336. The number of allylic oxidation sites excluding steroid dienone is 5. The van der Waals surface area contributed by atoms with Crippen molar-refractivity contribution in [1.29, 1.82) is 0 Å². The smallest absolute Gasteiger partial charge is 0.328 e. The Kier molecular flexibility index (Phi) is 6.79. The molecule has 6 atom stereocenters. The Labute approximate surface area is 150 Å². The molecule has 25 heavy (non-hydrogen) atoms. The van der Waals surface area contributed by atoms with Gasteiger partial charge in [0.15, 0.2) is 0 Å². The van der Waals surface area contributed by atoms with E-state index in [4.69, 9.17) is 5.11 Å². The minimum atomic E-state index is -0.961. The van der Waals surface area contributed by atoms with E-state index in [-0.39, 0.29) is 30.5 Å². The van der Waals surface area contributed by atoms with E-state index in [0.717, 1.165) is 24.5 Å². The van der Waals surface area contributed by atoms with Gasteiger partial charge in [0.25, 0.3) is 0 Å². The molecular weight excluding hydrogens is 316 g/mol. The fraction of sp³-hybridized carbons (Fsp3) is 0.571. The van der Waals surface area contributed by atoms with Crippen LogP contribution < -0.4 is 0 Å². The standard InChI is InChI=1S/C21H30O4/c1-13-8-9-18(23)17-12-15(3)20(14(2)10-11-22)16(21(13)17)6-4-5-7-19(24)25/h4-7,10,12-13,16-18,20-23H,8-9,11H2,1-3H3,(H,24,25)/b6-4+,7-5+,14-10+/t13-,16+,17+,18-,20+,21-/m1/s1. The zero-order valence-electron chi connectivity index (χ0n) is 15.3. The molecule has 0 aromatic heterocycles. The van der Waals surface area contributed by atoms with Gasteiger partial charge in [0, 0.05) is 17.9 Å². The fourth-order valence-electron chi connectivity index (χ4n) is 4.75. The van der Waals surface area contributed by atoms with Crippen LogP contribution in [-0.2, 0) is 4.79 Å². The predicted molar refractivity (Wildman–Crippen MR) is 98.9 cm³/mol. The molecule has 2 aliphatic rings. The van der Waals surface area contributed by atoms with Crippen molar-refractivity contribution in [3.8, 4) is 0 Å². The number of hydrogen-bond donors (Lipinski definition) is 3. The summed E-state index contributed by atoms with van der Waals surface area (Å²) in [6.45, 7) is 6.39. The molecule has 4 nitrogen and oxygen atoms in total. The molecule has 0 spiro atoms. The van der Waals surface area contributed by atoms with Crippen molar-refractivity contribution in [2.45, 2.75) is 39.7 Å². The highest BCUT2D eigenvalue weighted by Crippen LogP contribution is 2.50. The Morgan fingerprint density at radius 3 is 2.68 bits per heavy atom. The number of hydrogen-bond acceptors (Lipinski definition) is 3. The number of aliphatic hydroxyl groups is 2. The molecule has 0 bridgehead atoms. The molecule has 0 aromatic carbocycles. The average Bonchev–Trinajstić information content (AvgIpc) is 2.54. The minimum Gasteiger partial charge on any atom is -0.478 e. The molecule has 0 heterocycles. The van der Waals surface area contributed by atoms with Gasteiger partial charge in [-0.15, -0.1) is 0 Å². The second-order valence-electron chi connectivity index (χ2n) is 7.46. The van der Waals surface area contributed by atoms with Crippen molar-refractivity contribution in [3.63, 3.8) is 0 Å². The third-order valence-corrected chi connectivity index (χ3v) is 5.83. The molecule has 2 aliphatic carbocycles. The van der Waals surface area contributed by atoms with Crippen molar-refractivity contribution in [1.82, 2.24) is 0 Å². The number of fused-ring (bicyclic) bond motifs is 1. The monoisotopic (exact) mass is 346 g/mol. The molecule has 1 fully saturated rings. The van der Waals surface area contributed by atoms with Crippen molar-refractivity contribution >= 4 is 5.97 Å². The van der Waals surface area contributed by atoms with E-state index in [9.17, 15) is 15.0 Å². The van der Waals surface area contributed by atoms with Gasteiger partial charge in [-0.25, -0.2) is 4.79 Å². The summed E-state index contributed by atoms with van der Waals surface area (Å²) < 4.78 is 0. The molecule has 2 rings (SSSR count). The van der Waals surface area contributed by atoms with Gasteiger partial charge in [-0.05, 0) is 44.4 Å². The van der Waals surface area contributed by atoms with Crippen LogP contribution in [0.25, 0.3) is 0 Å². The molecule has 0 radical (unpaired) electrons. The van der Waals surface area contributed by atoms with Crippen LogP contribution in [0.1, 0.15) is 33.6 Å². The van der Waals surface area contributed by atoms with Gasteiger partial charge in [0.1, 0.15) is 0 Å². The van der Waals surface area contributed by atoms with Crippen LogP contribution in [0.2, 0.25) is 0 Å². The van der Waals surface area contributed by atoms with Crippen LogP contribution in [-0.4, -0.2) is 34.0 Å². The highest BCUT2D eigenvalue weighted by molar-refractivity contribution is 5.80. The quantitative estimate of drug-likeness (QED) is 0.405. The fourth-order valence-corrected chi connectivity index (χ4v) is 4.75. The zero-order chi connectivity index (χ0) is 18.6. The lowest BCUT2D eigenvalue weighted by molar-refractivity contribution is -0.131. The number of aliphatic hydroxyl groups excluding tert-OH is 2. The van der Waals surface area contributed by atoms with E-state index in [0.29, 0.717) is 11.8 Å². The Morgan fingerprint density at radius 1 is 1.32 bits per heavy atom. The summed E-state index contributed by atoms with van der Waals surface area (Å²) in [6, 6.07) is 0. The number of carboxylic acid groups (broad SMARTS) is 1. The first-order valence-electron chi connectivity index (χ1n) is 9.08. The van der Waals surface area contributed by atoms with Crippen molar-refractivity contribution in [3.05, 3.63) is 47.6 Å². The van der Waals surface area contributed by atoms with E-state index in [2.05, 4.69) is 26.0 Å². The van der Waals surface area contributed by atoms with Crippen molar-refractivity contribution in [2.75, 3.05) is 6.61 Å². The van der Waals surface area contributed by atoms with E-state index < -0.39 is 5.97 Å². The van der Waals surface area contributed by atoms with Crippen LogP contribution in [0, 0.1) is 29.6 Å². The second kappa shape index (κ2) is 8.63. The second-order valence-corrected chi connectivity index (χ2v) is 7.46. The first-order valence-corrected chi connectivity index (χ1v) is 9.08. The van der Waals surface area contributed by atoms with E-state index >= 15 is 0 Å². The first kappa shape index (κ1) is 19.7. The molecule has 3 N–H and O–H groups in total. The summed E-state index contributed by atoms with van der Waals surface area (Å²) >= 11 is 0. The summed E-state index contributed by atoms with van der Waals surface area (Å²) in [7, 11) is 0. The van der Waals surface area contributed by atoms with Crippen LogP contribution in [0.15, 0.2) is 47.6 Å². The maximum atomic E-state index is 10.7. The lowest BCUT2D eigenvalue weighted by Gasteiger charge is -2.48. The molecule has 1 saturated carbocycles. The number of carboxylic acids is 1. The van der Waals surface area contributed by atoms with Gasteiger partial charge in [0.2, 0.25) is 0 Å². The van der Waals surface area contributed by atoms with Gasteiger partial charge in [-0.1, -0.05) is 48.5 Å². The summed E-state index contributed by atoms with van der Waals surface area (Å²) in [5.41, 5.74) is 2.34. The predicted octanol–water partition coefficient (Wildman–Crippen LogP) is 3.34. The molecule has 0 unspecified atom stereocenters. The highest BCUT2D eigenvalue weighted by Gasteiger charge is 2.45. The van der Waals surface area contributed by atoms with Gasteiger partial charge >= 0.3 is 5.97 Å². The normalized spacial score (nSPS) is 36.5. The molecule has 0 saturated heterocycles. The van der Waals surface area contributed by atoms with Gasteiger partial charge in [-0.3, -0.25) is 0 Å². The maximum absolute atomic E-state index is 10.7.